The number of piperidine rings is 1. The number of carbonyl (C=O) groups is 1. The number of thioether (sulfide) groups is 1. The quantitative estimate of drug-likeness (QED) is 0.755. The molecule has 2 fully saturated rings. The summed E-state index contributed by atoms with van der Waals surface area (Å²) in [5.41, 5.74) is 1.08. The number of anilines is 1. The van der Waals surface area contributed by atoms with Gasteiger partial charge in [0.1, 0.15) is 12.4 Å². The number of hydrogen-bond acceptors (Lipinski definition) is 6. The molecular formula is C22H29N5O2S. The fourth-order valence-corrected chi connectivity index (χ4v) is 4.90. The largest absolute Gasteiger partial charge is 0.354 e. The second-order valence-corrected chi connectivity index (χ2v) is 9.12. The van der Waals surface area contributed by atoms with Gasteiger partial charge in [-0.15, -0.1) is 0 Å². The lowest BCUT2D eigenvalue weighted by Gasteiger charge is -2.32. The van der Waals surface area contributed by atoms with E-state index >= 15 is 0 Å². The van der Waals surface area contributed by atoms with Crippen LogP contribution in [0, 0.1) is 0 Å². The smallest absolute Gasteiger partial charge is 0.267 e. The van der Waals surface area contributed by atoms with Gasteiger partial charge in [0.05, 0.1) is 0 Å². The van der Waals surface area contributed by atoms with Crippen molar-refractivity contribution in [2.75, 3.05) is 42.6 Å². The standard InChI is InChI=1S/C22H29N5O2S/c28-21(17-27-22(29)7-6-20(24-27)26-12-14-30-15-13-26)23-19-8-10-25(11-9-19)16-18-4-2-1-3-5-18/h1-7,19H,8-17H2,(H,23,28). The van der Waals surface area contributed by atoms with Gasteiger partial charge >= 0.3 is 0 Å². The zero-order valence-corrected chi connectivity index (χ0v) is 18.0. The van der Waals surface area contributed by atoms with Crippen molar-refractivity contribution in [3.63, 3.8) is 0 Å². The number of nitrogens with one attached hydrogen (secondary N) is 1. The number of aromatic nitrogens is 2. The normalized spacial score (nSPS) is 18.3. The summed E-state index contributed by atoms with van der Waals surface area (Å²) in [6, 6.07) is 13.9. The first-order chi connectivity index (χ1) is 14.7. The molecule has 4 rings (SSSR count). The van der Waals surface area contributed by atoms with E-state index < -0.39 is 0 Å². The topological polar surface area (TPSA) is 70.5 Å². The van der Waals surface area contributed by atoms with Gasteiger partial charge in [-0.2, -0.15) is 16.9 Å². The van der Waals surface area contributed by atoms with Crippen LogP contribution >= 0.6 is 11.8 Å². The average Bonchev–Trinajstić information content (AvgIpc) is 2.78. The average molecular weight is 428 g/mol. The number of carbonyl (C=O) groups excluding carboxylic acids is 1. The first kappa shape index (κ1) is 20.9. The van der Waals surface area contributed by atoms with Gasteiger partial charge in [0, 0.05) is 56.3 Å². The molecule has 30 heavy (non-hydrogen) atoms. The number of amides is 1. The molecule has 0 radical (unpaired) electrons. The van der Waals surface area contributed by atoms with Gasteiger partial charge in [0.15, 0.2) is 0 Å². The van der Waals surface area contributed by atoms with Crippen LogP contribution in [-0.4, -0.2) is 64.3 Å². The molecule has 0 spiro atoms. The molecule has 2 aliphatic heterocycles. The van der Waals surface area contributed by atoms with Crippen molar-refractivity contribution >= 4 is 23.5 Å². The molecule has 2 aliphatic rings. The van der Waals surface area contributed by atoms with Crippen LogP contribution in [0.25, 0.3) is 0 Å². The lowest BCUT2D eigenvalue weighted by Crippen LogP contribution is -2.46. The van der Waals surface area contributed by atoms with Crippen LogP contribution in [0.4, 0.5) is 5.82 Å². The van der Waals surface area contributed by atoms with E-state index in [0.717, 1.165) is 62.9 Å². The van der Waals surface area contributed by atoms with E-state index in [1.54, 1.807) is 6.07 Å². The zero-order valence-electron chi connectivity index (χ0n) is 17.2. The van der Waals surface area contributed by atoms with Crippen molar-refractivity contribution in [1.29, 1.82) is 0 Å². The molecule has 0 saturated carbocycles. The summed E-state index contributed by atoms with van der Waals surface area (Å²) >= 11 is 1.93. The van der Waals surface area contributed by atoms with Gasteiger partial charge in [-0.05, 0) is 24.5 Å². The Morgan fingerprint density at radius 2 is 1.77 bits per heavy atom. The van der Waals surface area contributed by atoms with E-state index in [1.165, 1.54) is 16.3 Å². The molecule has 1 N–H and O–H groups in total. The van der Waals surface area contributed by atoms with Crippen molar-refractivity contribution in [2.45, 2.75) is 32.0 Å². The van der Waals surface area contributed by atoms with E-state index in [4.69, 9.17) is 0 Å². The van der Waals surface area contributed by atoms with E-state index in [2.05, 4.69) is 44.5 Å². The minimum absolute atomic E-state index is 0.0283. The molecule has 0 atom stereocenters. The van der Waals surface area contributed by atoms with Gasteiger partial charge in [-0.25, -0.2) is 4.68 Å². The van der Waals surface area contributed by atoms with E-state index in [-0.39, 0.29) is 24.1 Å². The molecule has 0 aliphatic carbocycles. The summed E-state index contributed by atoms with van der Waals surface area (Å²) < 4.78 is 1.29. The fourth-order valence-electron chi connectivity index (χ4n) is 4.00. The minimum Gasteiger partial charge on any atom is -0.354 e. The molecule has 1 amide bonds. The highest BCUT2D eigenvalue weighted by atomic mass is 32.2. The SMILES string of the molecule is O=C(Cn1nc(N2CCSCC2)ccc1=O)NC1CCN(Cc2ccccc2)CC1. The third-order valence-electron chi connectivity index (χ3n) is 5.68. The summed E-state index contributed by atoms with van der Waals surface area (Å²) in [6.45, 7) is 4.68. The second kappa shape index (κ2) is 10.1. The Balaban J connectivity index is 1.27. The summed E-state index contributed by atoms with van der Waals surface area (Å²) in [5.74, 6) is 2.75. The van der Waals surface area contributed by atoms with Gasteiger partial charge < -0.3 is 10.2 Å². The van der Waals surface area contributed by atoms with Crippen molar-refractivity contribution < 1.29 is 4.79 Å². The molecule has 2 aromatic rings. The highest BCUT2D eigenvalue weighted by molar-refractivity contribution is 7.99. The maximum absolute atomic E-state index is 12.6. The van der Waals surface area contributed by atoms with Crippen molar-refractivity contribution in [3.05, 3.63) is 58.4 Å². The number of benzene rings is 1. The Labute approximate surface area is 181 Å². The van der Waals surface area contributed by atoms with Crippen molar-refractivity contribution in [2.24, 2.45) is 0 Å². The lowest BCUT2D eigenvalue weighted by molar-refractivity contribution is -0.122. The Morgan fingerprint density at radius 1 is 1.03 bits per heavy atom. The van der Waals surface area contributed by atoms with Gasteiger partial charge in [0.2, 0.25) is 5.91 Å². The van der Waals surface area contributed by atoms with Crippen LogP contribution in [-0.2, 0) is 17.9 Å². The summed E-state index contributed by atoms with van der Waals surface area (Å²) in [5, 5.41) is 7.54. The first-order valence-electron chi connectivity index (χ1n) is 10.6. The predicted molar refractivity (Wildman–Crippen MR) is 121 cm³/mol. The third-order valence-corrected chi connectivity index (χ3v) is 6.63. The van der Waals surface area contributed by atoms with Crippen LogP contribution in [0.2, 0.25) is 0 Å². The van der Waals surface area contributed by atoms with Crippen LogP contribution in [0.1, 0.15) is 18.4 Å². The molecule has 0 unspecified atom stereocenters. The lowest BCUT2D eigenvalue weighted by atomic mass is 10.0. The number of rotatable bonds is 6. The van der Waals surface area contributed by atoms with E-state index in [0.29, 0.717) is 0 Å². The molecule has 160 valence electrons. The minimum atomic E-state index is -0.238. The van der Waals surface area contributed by atoms with Crippen LogP contribution in [0.15, 0.2) is 47.3 Å². The molecule has 0 bridgehead atoms. The number of hydrogen-bond donors (Lipinski definition) is 1. The zero-order chi connectivity index (χ0) is 20.8. The van der Waals surface area contributed by atoms with Crippen molar-refractivity contribution in [1.82, 2.24) is 20.0 Å². The molecular weight excluding hydrogens is 398 g/mol. The fraction of sp³-hybridized carbons (Fsp3) is 0.500. The summed E-state index contributed by atoms with van der Waals surface area (Å²) in [4.78, 5) is 29.3. The predicted octanol–water partition coefficient (Wildman–Crippen LogP) is 1.58. The Bertz CT molecular complexity index is 890. The summed E-state index contributed by atoms with van der Waals surface area (Å²) in [6.07, 6.45) is 1.85. The Morgan fingerprint density at radius 3 is 2.50 bits per heavy atom. The Hall–Kier alpha value is -2.32. The van der Waals surface area contributed by atoms with Crippen molar-refractivity contribution in [3.8, 4) is 0 Å². The van der Waals surface area contributed by atoms with Gasteiger partial charge in [-0.1, -0.05) is 30.3 Å². The van der Waals surface area contributed by atoms with Gasteiger partial charge in [-0.3, -0.25) is 14.5 Å². The molecule has 3 heterocycles. The van der Waals surface area contributed by atoms with E-state index in [1.807, 2.05) is 17.8 Å². The molecule has 2 saturated heterocycles. The van der Waals surface area contributed by atoms with E-state index in [9.17, 15) is 9.59 Å². The maximum Gasteiger partial charge on any atom is 0.267 e. The molecule has 8 heteroatoms. The maximum atomic E-state index is 12.6. The van der Waals surface area contributed by atoms with Crippen LogP contribution in [0.3, 0.4) is 0 Å². The number of nitrogens with zero attached hydrogens (tertiary/aromatic N) is 4. The highest BCUT2D eigenvalue weighted by Gasteiger charge is 2.21. The number of likely N-dealkylation sites (tertiary alicyclic amines) is 1. The first-order valence-corrected chi connectivity index (χ1v) is 11.8. The molecule has 1 aromatic carbocycles. The van der Waals surface area contributed by atoms with Crippen LogP contribution < -0.4 is 15.8 Å². The molecule has 7 nitrogen and oxygen atoms in total. The monoisotopic (exact) mass is 427 g/mol. The molecule has 1 aromatic heterocycles. The van der Waals surface area contributed by atoms with Crippen LogP contribution in [0.5, 0.6) is 0 Å². The Kier molecular flexibility index (Phi) is 7.07. The summed E-state index contributed by atoms with van der Waals surface area (Å²) in [7, 11) is 0. The second-order valence-electron chi connectivity index (χ2n) is 7.89. The van der Waals surface area contributed by atoms with Gasteiger partial charge in [0.25, 0.3) is 5.56 Å². The third kappa shape index (κ3) is 5.64. The highest BCUT2D eigenvalue weighted by Crippen LogP contribution is 2.16.